The Morgan fingerprint density at radius 3 is 2.30 bits per heavy atom. The van der Waals surface area contributed by atoms with Crippen LogP contribution in [0.5, 0.6) is 5.75 Å². The Kier molecular flexibility index (Phi) is 10.1. The van der Waals surface area contributed by atoms with Gasteiger partial charge in [0.1, 0.15) is 11.8 Å². The first-order chi connectivity index (χ1) is 20.6. The third-order valence-corrected chi connectivity index (χ3v) is 9.25. The molecule has 1 saturated carbocycles. The number of ether oxygens (including phenoxy) is 2. The number of hydrogen-bond acceptors (Lipinski definition) is 5. The number of esters is 1. The van der Waals surface area contributed by atoms with Crippen LogP contribution in [0.2, 0.25) is 0 Å². The first kappa shape index (κ1) is 33.9. The van der Waals surface area contributed by atoms with E-state index in [1.165, 1.54) is 0 Å². The van der Waals surface area contributed by atoms with Crippen molar-refractivity contribution in [3.63, 3.8) is 0 Å². The summed E-state index contributed by atoms with van der Waals surface area (Å²) in [6.45, 7) is 15.0. The van der Waals surface area contributed by atoms with Gasteiger partial charge in [-0.15, -0.1) is 0 Å². The van der Waals surface area contributed by atoms with Gasteiger partial charge >= 0.3 is 5.97 Å². The second kappa shape index (κ2) is 13.2. The number of carbonyl (C=O) groups excluding carboxylic acids is 2. The number of likely N-dealkylation sites (tertiary alicyclic amines) is 1. The summed E-state index contributed by atoms with van der Waals surface area (Å²) < 4.78 is 40.7. The van der Waals surface area contributed by atoms with Crippen LogP contribution in [0, 0.1) is 17.3 Å². The highest BCUT2D eigenvalue weighted by molar-refractivity contribution is 5.88. The minimum Gasteiger partial charge on any atom is -0.496 e. The Bertz CT molecular complexity index is 1300. The number of benzene rings is 2. The molecule has 1 amide bonds. The van der Waals surface area contributed by atoms with Crippen LogP contribution in [0.25, 0.3) is 0 Å². The summed E-state index contributed by atoms with van der Waals surface area (Å²) in [5.74, 6) is -4.31. The Hall–Kier alpha value is -3.00. The monoisotopic (exact) mass is 612 g/mol. The van der Waals surface area contributed by atoms with Crippen molar-refractivity contribution in [3.8, 4) is 5.75 Å². The van der Waals surface area contributed by atoms with Crippen LogP contribution in [0.1, 0.15) is 96.9 Å². The fourth-order valence-corrected chi connectivity index (χ4v) is 7.15. The fraction of sp³-hybridized carbons (Fsp3) is 0.611. The number of nitrogens with zero attached hydrogens (tertiary/aromatic N) is 1. The third kappa shape index (κ3) is 7.27. The van der Waals surface area contributed by atoms with Gasteiger partial charge in [0.25, 0.3) is 0 Å². The van der Waals surface area contributed by atoms with Gasteiger partial charge < -0.3 is 19.7 Å². The summed E-state index contributed by atoms with van der Waals surface area (Å²) in [6, 6.07) is 13.9. The van der Waals surface area contributed by atoms with Gasteiger partial charge in [0.15, 0.2) is 0 Å². The highest BCUT2D eigenvalue weighted by atomic mass is 19.3. The van der Waals surface area contributed by atoms with E-state index in [0.29, 0.717) is 13.0 Å². The molecule has 0 spiro atoms. The number of halogens is 2. The molecule has 2 aromatic carbocycles. The molecule has 4 rings (SSSR count). The van der Waals surface area contributed by atoms with E-state index in [2.05, 4.69) is 59.0 Å². The molecule has 0 aromatic heterocycles. The van der Waals surface area contributed by atoms with Crippen LogP contribution in [-0.2, 0) is 26.3 Å². The number of hydrogen-bond donors (Lipinski definition) is 1. The Balaban J connectivity index is 1.85. The predicted octanol–water partition coefficient (Wildman–Crippen LogP) is 7.45. The van der Waals surface area contributed by atoms with Gasteiger partial charge in [-0.2, -0.15) is 0 Å². The zero-order chi connectivity index (χ0) is 32.4. The molecule has 8 heteroatoms. The molecule has 1 aliphatic heterocycles. The standard InChI is InChI=1S/C36H50F2N2O4/c1-9-44-33(42)31-28(35(5,6)7)29(39-22-25-20-26(34(2,3)4)17-18-27(25)43-8)30(23-14-11-10-12-15-23)40(31)32(41)24-16-13-19-36(37,38)21-24/h10-12,14-15,17-18,20,24,28-31,39H,9,13,16,19,21-22H2,1-8H3/t24-,28+,29+,30+,31+/m1/s1. The van der Waals surface area contributed by atoms with Crippen molar-refractivity contribution in [3.05, 3.63) is 65.2 Å². The largest absolute Gasteiger partial charge is 0.496 e. The highest BCUT2D eigenvalue weighted by Gasteiger charge is 2.59. The summed E-state index contributed by atoms with van der Waals surface area (Å²) in [6.07, 6.45) is -0.0818. The quantitative estimate of drug-likeness (QED) is 0.314. The van der Waals surface area contributed by atoms with Crippen molar-refractivity contribution in [2.45, 2.75) is 110 Å². The second-order valence-electron chi connectivity index (χ2n) is 14.5. The zero-order valence-corrected chi connectivity index (χ0v) is 27.6. The van der Waals surface area contributed by atoms with E-state index in [0.717, 1.165) is 22.4 Å². The van der Waals surface area contributed by atoms with Gasteiger partial charge in [0.05, 0.1) is 19.8 Å². The van der Waals surface area contributed by atoms with E-state index >= 15 is 0 Å². The summed E-state index contributed by atoms with van der Waals surface area (Å²) in [4.78, 5) is 30.0. The van der Waals surface area contributed by atoms with E-state index in [-0.39, 0.29) is 36.8 Å². The fourth-order valence-electron chi connectivity index (χ4n) is 7.15. The van der Waals surface area contributed by atoms with Gasteiger partial charge in [-0.25, -0.2) is 13.6 Å². The van der Waals surface area contributed by atoms with Crippen LogP contribution in [-0.4, -0.2) is 48.5 Å². The van der Waals surface area contributed by atoms with E-state index < -0.39 is 47.6 Å². The van der Waals surface area contributed by atoms with E-state index in [1.54, 1.807) is 18.9 Å². The third-order valence-electron chi connectivity index (χ3n) is 9.25. The number of rotatable bonds is 8. The molecule has 1 saturated heterocycles. The van der Waals surface area contributed by atoms with Crippen LogP contribution < -0.4 is 10.1 Å². The number of methoxy groups -OCH3 is 1. The number of alkyl halides is 2. The molecule has 1 N–H and O–H groups in total. The summed E-state index contributed by atoms with van der Waals surface area (Å²) >= 11 is 0. The van der Waals surface area contributed by atoms with Gasteiger partial charge in [0.2, 0.25) is 11.8 Å². The maximum atomic E-state index is 14.7. The highest BCUT2D eigenvalue weighted by Crippen LogP contribution is 2.50. The molecule has 2 aromatic rings. The van der Waals surface area contributed by atoms with Gasteiger partial charge in [0, 0.05) is 42.8 Å². The molecule has 2 fully saturated rings. The first-order valence-electron chi connectivity index (χ1n) is 15.9. The average molecular weight is 613 g/mol. The zero-order valence-electron chi connectivity index (χ0n) is 27.6. The molecule has 6 nitrogen and oxygen atoms in total. The molecular weight excluding hydrogens is 562 g/mol. The van der Waals surface area contributed by atoms with Crippen LogP contribution in [0.15, 0.2) is 48.5 Å². The van der Waals surface area contributed by atoms with E-state index in [4.69, 9.17) is 9.47 Å². The number of carbonyl (C=O) groups is 2. The van der Waals surface area contributed by atoms with Gasteiger partial charge in [-0.3, -0.25) is 4.79 Å². The van der Waals surface area contributed by atoms with Gasteiger partial charge in [-0.1, -0.05) is 84.0 Å². The van der Waals surface area contributed by atoms with E-state index in [1.807, 2.05) is 36.4 Å². The van der Waals surface area contributed by atoms with Gasteiger partial charge in [-0.05, 0) is 47.8 Å². The molecule has 5 atom stereocenters. The molecular formula is C36H50F2N2O4. The number of amides is 1. The Morgan fingerprint density at radius 2 is 1.73 bits per heavy atom. The second-order valence-corrected chi connectivity index (χ2v) is 14.5. The summed E-state index contributed by atoms with van der Waals surface area (Å²) in [5, 5.41) is 3.76. The molecule has 44 heavy (non-hydrogen) atoms. The lowest BCUT2D eigenvalue weighted by Gasteiger charge is -2.37. The maximum absolute atomic E-state index is 14.7. The topological polar surface area (TPSA) is 67.9 Å². The van der Waals surface area contributed by atoms with Crippen LogP contribution in [0.4, 0.5) is 8.78 Å². The number of nitrogens with one attached hydrogen (secondary N) is 1. The molecule has 0 unspecified atom stereocenters. The minimum atomic E-state index is -2.91. The normalized spacial score (nSPS) is 25.5. The van der Waals surface area contributed by atoms with Crippen molar-refractivity contribution in [1.29, 1.82) is 0 Å². The summed E-state index contributed by atoms with van der Waals surface area (Å²) in [7, 11) is 1.65. The lowest BCUT2D eigenvalue weighted by molar-refractivity contribution is -0.160. The Labute approximate surface area is 261 Å². The lowest BCUT2D eigenvalue weighted by atomic mass is 9.72. The molecule has 0 bridgehead atoms. The molecule has 1 aliphatic carbocycles. The smallest absolute Gasteiger partial charge is 0.329 e. The van der Waals surface area contributed by atoms with E-state index in [9.17, 15) is 18.4 Å². The van der Waals surface area contributed by atoms with Crippen molar-refractivity contribution < 1.29 is 27.8 Å². The predicted molar refractivity (Wildman–Crippen MR) is 169 cm³/mol. The Morgan fingerprint density at radius 1 is 1.05 bits per heavy atom. The first-order valence-corrected chi connectivity index (χ1v) is 15.9. The molecule has 242 valence electrons. The SMILES string of the molecule is CCOC(=O)[C@@H]1[C@@H](C(C)(C)C)[C@H](NCc2cc(C(C)(C)C)ccc2OC)[C@H](c2ccccc2)N1C(=O)[C@@H]1CCCC(F)(F)C1. The minimum absolute atomic E-state index is 0.0742. The van der Waals surface area contributed by atoms with Crippen molar-refractivity contribution in [1.82, 2.24) is 10.2 Å². The average Bonchev–Trinajstić information content (AvgIpc) is 3.31. The molecule has 2 aliphatic rings. The molecule has 1 heterocycles. The van der Waals surface area contributed by atoms with Crippen molar-refractivity contribution in [2.75, 3.05) is 13.7 Å². The molecule has 0 radical (unpaired) electrons. The van der Waals surface area contributed by atoms with Crippen LogP contribution in [0.3, 0.4) is 0 Å². The van der Waals surface area contributed by atoms with Crippen LogP contribution >= 0.6 is 0 Å². The maximum Gasteiger partial charge on any atom is 0.329 e. The van der Waals surface area contributed by atoms with Crippen molar-refractivity contribution in [2.24, 2.45) is 17.3 Å². The lowest BCUT2D eigenvalue weighted by Crippen LogP contribution is -2.50. The van der Waals surface area contributed by atoms with Crippen molar-refractivity contribution >= 4 is 11.9 Å². The summed E-state index contributed by atoms with van der Waals surface area (Å²) in [5.41, 5.74) is 2.44.